The molecule has 2 N–H and O–H groups in total. The number of hydrogen-bond donors (Lipinski definition) is 2. The fourth-order valence-corrected chi connectivity index (χ4v) is 2.06. The number of pyridine rings is 1. The molecular weight excluding hydrogens is 290 g/mol. The highest BCUT2D eigenvalue weighted by atomic mass is 16.2. The van der Waals surface area contributed by atoms with E-state index in [0.717, 1.165) is 16.8 Å². The van der Waals surface area contributed by atoms with Gasteiger partial charge in [-0.1, -0.05) is 6.07 Å². The third-order valence-electron chi connectivity index (χ3n) is 3.45. The van der Waals surface area contributed by atoms with Crippen molar-refractivity contribution < 1.29 is 9.59 Å². The number of anilines is 1. The van der Waals surface area contributed by atoms with Crippen LogP contribution in [0.15, 0.2) is 36.7 Å². The third-order valence-corrected chi connectivity index (χ3v) is 3.45. The van der Waals surface area contributed by atoms with Crippen LogP contribution in [0.25, 0.3) is 0 Å². The highest BCUT2D eigenvalue weighted by Gasteiger charge is 2.12. The van der Waals surface area contributed by atoms with Crippen molar-refractivity contribution in [2.45, 2.75) is 33.7 Å². The maximum Gasteiger partial charge on any atom is 0.257 e. The Morgan fingerprint density at radius 3 is 2.22 bits per heavy atom. The van der Waals surface area contributed by atoms with Gasteiger partial charge in [-0.05, 0) is 57.0 Å². The van der Waals surface area contributed by atoms with Gasteiger partial charge in [-0.25, -0.2) is 0 Å². The van der Waals surface area contributed by atoms with Gasteiger partial charge >= 0.3 is 0 Å². The lowest BCUT2D eigenvalue weighted by molar-refractivity contribution is 0.0942. The van der Waals surface area contributed by atoms with Crippen LogP contribution in [0.4, 0.5) is 5.69 Å². The van der Waals surface area contributed by atoms with Gasteiger partial charge < -0.3 is 10.6 Å². The van der Waals surface area contributed by atoms with Crippen LogP contribution in [0.3, 0.4) is 0 Å². The van der Waals surface area contributed by atoms with Crippen LogP contribution in [0, 0.1) is 13.8 Å². The number of aromatic nitrogens is 1. The van der Waals surface area contributed by atoms with Gasteiger partial charge in [0, 0.05) is 24.1 Å². The SMILES string of the molecule is Cc1ccc(NC(=O)c2cncc(C(=O)NC(C)C)c2)cc1C. The molecule has 2 rings (SSSR count). The van der Waals surface area contributed by atoms with Crippen LogP contribution in [0.2, 0.25) is 0 Å². The van der Waals surface area contributed by atoms with E-state index >= 15 is 0 Å². The molecule has 5 heteroatoms. The molecule has 0 radical (unpaired) electrons. The normalized spacial score (nSPS) is 10.5. The minimum absolute atomic E-state index is 0.0236. The molecular formula is C18H21N3O2. The summed E-state index contributed by atoms with van der Waals surface area (Å²) in [6, 6.07) is 7.28. The van der Waals surface area contributed by atoms with E-state index in [1.54, 1.807) is 6.07 Å². The summed E-state index contributed by atoms with van der Waals surface area (Å²) in [7, 11) is 0. The monoisotopic (exact) mass is 311 g/mol. The van der Waals surface area contributed by atoms with Gasteiger partial charge in [0.15, 0.2) is 0 Å². The number of aryl methyl sites for hydroxylation is 2. The fraction of sp³-hybridized carbons (Fsp3) is 0.278. The molecule has 2 aromatic rings. The summed E-state index contributed by atoms with van der Waals surface area (Å²) in [5.74, 6) is -0.534. The zero-order valence-corrected chi connectivity index (χ0v) is 13.8. The Balaban J connectivity index is 2.16. The number of carbonyl (C=O) groups is 2. The zero-order valence-electron chi connectivity index (χ0n) is 13.8. The standard InChI is InChI=1S/C18H21N3O2/c1-11(2)20-17(22)14-8-15(10-19-9-14)18(23)21-16-6-5-12(3)13(4)7-16/h5-11H,1-4H3,(H,20,22)(H,21,23). The molecule has 0 saturated carbocycles. The number of hydrogen-bond acceptors (Lipinski definition) is 3. The first kappa shape index (κ1) is 16.7. The van der Waals surface area contributed by atoms with E-state index in [-0.39, 0.29) is 17.9 Å². The van der Waals surface area contributed by atoms with Crippen LogP contribution in [-0.2, 0) is 0 Å². The summed E-state index contributed by atoms with van der Waals surface area (Å²) in [5.41, 5.74) is 3.70. The van der Waals surface area contributed by atoms with Gasteiger partial charge in [0.25, 0.3) is 11.8 Å². The molecule has 2 amide bonds. The van der Waals surface area contributed by atoms with Crippen LogP contribution < -0.4 is 10.6 Å². The summed E-state index contributed by atoms with van der Waals surface area (Å²) >= 11 is 0. The Morgan fingerprint density at radius 1 is 0.957 bits per heavy atom. The van der Waals surface area contributed by atoms with Crippen molar-refractivity contribution in [3.05, 3.63) is 58.9 Å². The van der Waals surface area contributed by atoms with Crippen molar-refractivity contribution in [3.63, 3.8) is 0 Å². The van der Waals surface area contributed by atoms with Crippen LogP contribution in [0.1, 0.15) is 45.7 Å². The fourth-order valence-electron chi connectivity index (χ4n) is 2.06. The van der Waals surface area contributed by atoms with Crippen LogP contribution in [0.5, 0.6) is 0 Å². The predicted octanol–water partition coefficient (Wildman–Crippen LogP) is 3.09. The van der Waals surface area contributed by atoms with E-state index in [9.17, 15) is 9.59 Å². The molecule has 1 aromatic carbocycles. The van der Waals surface area contributed by atoms with Gasteiger partial charge in [-0.2, -0.15) is 0 Å². The first-order chi connectivity index (χ1) is 10.9. The van der Waals surface area contributed by atoms with Crippen molar-refractivity contribution in [1.29, 1.82) is 0 Å². The summed E-state index contributed by atoms with van der Waals surface area (Å²) in [5, 5.41) is 5.60. The molecule has 5 nitrogen and oxygen atoms in total. The summed E-state index contributed by atoms with van der Waals surface area (Å²) in [6.07, 6.45) is 2.90. The quantitative estimate of drug-likeness (QED) is 0.911. The van der Waals surface area contributed by atoms with E-state index in [1.807, 2.05) is 45.9 Å². The van der Waals surface area contributed by atoms with E-state index < -0.39 is 0 Å². The smallest absolute Gasteiger partial charge is 0.257 e. The molecule has 0 aliphatic carbocycles. The Kier molecular flexibility index (Phi) is 5.11. The second-order valence-electron chi connectivity index (χ2n) is 5.84. The largest absolute Gasteiger partial charge is 0.350 e. The van der Waals surface area contributed by atoms with Crippen molar-refractivity contribution in [2.75, 3.05) is 5.32 Å². The third kappa shape index (κ3) is 4.39. The molecule has 0 atom stereocenters. The number of rotatable bonds is 4. The Hall–Kier alpha value is -2.69. The van der Waals surface area contributed by atoms with Gasteiger partial charge in [0.2, 0.25) is 0 Å². The average Bonchev–Trinajstić information content (AvgIpc) is 2.50. The summed E-state index contributed by atoms with van der Waals surface area (Å²) < 4.78 is 0. The molecule has 0 aliphatic rings. The molecule has 0 saturated heterocycles. The molecule has 0 aliphatic heterocycles. The lowest BCUT2D eigenvalue weighted by atomic mass is 10.1. The van der Waals surface area contributed by atoms with Gasteiger partial charge in [-0.3, -0.25) is 14.6 Å². The Labute approximate surface area is 136 Å². The highest BCUT2D eigenvalue weighted by Crippen LogP contribution is 2.15. The van der Waals surface area contributed by atoms with Crippen molar-refractivity contribution >= 4 is 17.5 Å². The average molecular weight is 311 g/mol. The van der Waals surface area contributed by atoms with E-state index in [0.29, 0.717) is 11.1 Å². The predicted molar refractivity (Wildman–Crippen MR) is 90.7 cm³/mol. The van der Waals surface area contributed by atoms with Crippen molar-refractivity contribution in [3.8, 4) is 0 Å². The lowest BCUT2D eigenvalue weighted by Crippen LogP contribution is -2.30. The second kappa shape index (κ2) is 7.05. The van der Waals surface area contributed by atoms with E-state index in [2.05, 4.69) is 15.6 Å². The van der Waals surface area contributed by atoms with E-state index in [1.165, 1.54) is 12.4 Å². The molecule has 120 valence electrons. The van der Waals surface area contributed by atoms with Crippen LogP contribution in [-0.4, -0.2) is 22.8 Å². The molecule has 1 heterocycles. The number of benzene rings is 1. The molecule has 1 aromatic heterocycles. The Bertz CT molecular complexity index is 739. The maximum absolute atomic E-state index is 12.3. The number of carbonyl (C=O) groups excluding carboxylic acids is 2. The Morgan fingerprint density at radius 2 is 1.61 bits per heavy atom. The topological polar surface area (TPSA) is 71.1 Å². The van der Waals surface area contributed by atoms with Crippen LogP contribution >= 0.6 is 0 Å². The number of nitrogens with one attached hydrogen (secondary N) is 2. The summed E-state index contributed by atoms with van der Waals surface area (Å²) in [4.78, 5) is 28.3. The molecule has 0 fully saturated rings. The molecule has 23 heavy (non-hydrogen) atoms. The van der Waals surface area contributed by atoms with Crippen molar-refractivity contribution in [1.82, 2.24) is 10.3 Å². The summed E-state index contributed by atoms with van der Waals surface area (Å²) in [6.45, 7) is 7.76. The highest BCUT2D eigenvalue weighted by molar-refractivity contribution is 6.05. The van der Waals surface area contributed by atoms with Crippen molar-refractivity contribution in [2.24, 2.45) is 0 Å². The molecule has 0 bridgehead atoms. The van der Waals surface area contributed by atoms with Gasteiger partial charge in [0.05, 0.1) is 11.1 Å². The minimum Gasteiger partial charge on any atom is -0.350 e. The number of amides is 2. The van der Waals surface area contributed by atoms with Gasteiger partial charge in [0.1, 0.15) is 0 Å². The maximum atomic E-state index is 12.3. The lowest BCUT2D eigenvalue weighted by Gasteiger charge is -2.10. The minimum atomic E-state index is -0.292. The van der Waals surface area contributed by atoms with Gasteiger partial charge in [-0.15, -0.1) is 0 Å². The zero-order chi connectivity index (χ0) is 17.0. The first-order valence-electron chi connectivity index (χ1n) is 7.51. The van der Waals surface area contributed by atoms with E-state index in [4.69, 9.17) is 0 Å². The first-order valence-corrected chi connectivity index (χ1v) is 7.51. The number of nitrogens with zero attached hydrogens (tertiary/aromatic N) is 1. The second-order valence-corrected chi connectivity index (χ2v) is 5.84. The molecule has 0 spiro atoms. The molecule has 0 unspecified atom stereocenters.